The third-order valence-corrected chi connectivity index (χ3v) is 4.61. The minimum Gasteiger partial charge on any atom is -0.484 e. The Kier molecular flexibility index (Phi) is 5.42. The molecule has 7 nitrogen and oxygen atoms in total. The molecule has 0 radical (unpaired) electrons. The van der Waals surface area contributed by atoms with E-state index in [1.807, 2.05) is 53.4 Å². The molecule has 1 aromatic carbocycles. The molecule has 1 aliphatic heterocycles. The molecule has 0 spiro atoms. The lowest BCUT2D eigenvalue weighted by atomic mass is 10.1. The van der Waals surface area contributed by atoms with Crippen LogP contribution in [0.25, 0.3) is 0 Å². The van der Waals surface area contributed by atoms with Gasteiger partial charge in [0.25, 0.3) is 5.91 Å². The second kappa shape index (κ2) is 8.47. The number of nitrogens with zero attached hydrogens (tertiary/aromatic N) is 4. The normalized spacial score (nSPS) is 16.0. The molecule has 0 bridgehead atoms. The van der Waals surface area contributed by atoms with E-state index in [2.05, 4.69) is 20.3 Å². The number of anilines is 2. The molecular formula is C21H21N5O2. The van der Waals surface area contributed by atoms with Gasteiger partial charge in [0.1, 0.15) is 17.4 Å². The minimum absolute atomic E-state index is 0.0259. The SMILES string of the molecule is O=C(COc1ccccc1)N1CCC[C@@H]1c1cccc(Nc2cnccn2)n1. The van der Waals surface area contributed by atoms with E-state index in [9.17, 15) is 4.79 Å². The van der Waals surface area contributed by atoms with Crippen LogP contribution in [0.2, 0.25) is 0 Å². The summed E-state index contributed by atoms with van der Waals surface area (Å²) in [6.07, 6.45) is 6.72. The molecule has 142 valence electrons. The Morgan fingerprint density at radius 2 is 2.00 bits per heavy atom. The number of ether oxygens (including phenoxy) is 1. The Morgan fingerprint density at radius 3 is 2.82 bits per heavy atom. The fraction of sp³-hybridized carbons (Fsp3) is 0.238. The van der Waals surface area contributed by atoms with Crippen LogP contribution in [0.5, 0.6) is 5.75 Å². The van der Waals surface area contributed by atoms with Crippen LogP contribution in [-0.4, -0.2) is 38.9 Å². The zero-order valence-corrected chi connectivity index (χ0v) is 15.4. The number of para-hydroxylation sites is 1. The molecule has 7 heteroatoms. The number of nitrogens with one attached hydrogen (secondary N) is 1. The Balaban J connectivity index is 1.44. The van der Waals surface area contributed by atoms with Gasteiger partial charge in [0.05, 0.1) is 17.9 Å². The topological polar surface area (TPSA) is 80.2 Å². The fourth-order valence-electron chi connectivity index (χ4n) is 3.32. The first-order chi connectivity index (χ1) is 13.8. The van der Waals surface area contributed by atoms with Crippen LogP contribution in [0.15, 0.2) is 67.1 Å². The van der Waals surface area contributed by atoms with Crippen LogP contribution in [0.3, 0.4) is 0 Å². The van der Waals surface area contributed by atoms with Crippen molar-refractivity contribution in [2.45, 2.75) is 18.9 Å². The van der Waals surface area contributed by atoms with Crippen molar-refractivity contribution in [3.8, 4) is 5.75 Å². The van der Waals surface area contributed by atoms with Crippen molar-refractivity contribution < 1.29 is 9.53 Å². The van der Waals surface area contributed by atoms with Crippen molar-refractivity contribution in [1.82, 2.24) is 19.9 Å². The zero-order chi connectivity index (χ0) is 19.2. The molecular weight excluding hydrogens is 354 g/mol. The van der Waals surface area contributed by atoms with Gasteiger partial charge >= 0.3 is 0 Å². The van der Waals surface area contributed by atoms with Gasteiger partial charge in [-0.05, 0) is 37.1 Å². The smallest absolute Gasteiger partial charge is 0.261 e. The standard InChI is InChI=1S/C21H21N5O2/c27-21(15-28-16-6-2-1-3-7-16)26-13-5-9-18(26)17-8-4-10-19(24-17)25-20-14-22-11-12-23-20/h1-4,6-8,10-12,14,18H,5,9,13,15H2,(H,23,24,25)/t18-/m1/s1. The third-order valence-electron chi connectivity index (χ3n) is 4.61. The van der Waals surface area contributed by atoms with Crippen LogP contribution in [-0.2, 0) is 4.79 Å². The van der Waals surface area contributed by atoms with E-state index >= 15 is 0 Å². The summed E-state index contributed by atoms with van der Waals surface area (Å²) >= 11 is 0. The largest absolute Gasteiger partial charge is 0.484 e. The van der Waals surface area contributed by atoms with Crippen LogP contribution in [0, 0.1) is 0 Å². The summed E-state index contributed by atoms with van der Waals surface area (Å²) < 4.78 is 5.63. The summed E-state index contributed by atoms with van der Waals surface area (Å²) in [7, 11) is 0. The maximum atomic E-state index is 12.7. The van der Waals surface area contributed by atoms with Crippen LogP contribution in [0.1, 0.15) is 24.6 Å². The second-order valence-electron chi connectivity index (χ2n) is 6.51. The predicted molar refractivity (Wildman–Crippen MR) is 105 cm³/mol. The Labute approximate surface area is 163 Å². The van der Waals surface area contributed by atoms with Gasteiger partial charge in [0.2, 0.25) is 0 Å². The number of hydrogen-bond donors (Lipinski definition) is 1. The van der Waals surface area contributed by atoms with Crippen LogP contribution >= 0.6 is 0 Å². The van der Waals surface area contributed by atoms with Gasteiger partial charge in [-0.1, -0.05) is 24.3 Å². The molecule has 1 atom stereocenters. The summed E-state index contributed by atoms with van der Waals surface area (Å²) in [6, 6.07) is 15.1. The highest BCUT2D eigenvalue weighted by atomic mass is 16.5. The van der Waals surface area contributed by atoms with Crippen molar-refractivity contribution in [3.63, 3.8) is 0 Å². The van der Waals surface area contributed by atoms with Gasteiger partial charge in [-0.2, -0.15) is 0 Å². The molecule has 2 aromatic heterocycles. The second-order valence-corrected chi connectivity index (χ2v) is 6.51. The molecule has 1 saturated heterocycles. The van der Waals surface area contributed by atoms with E-state index in [1.54, 1.807) is 18.6 Å². The monoisotopic (exact) mass is 375 g/mol. The van der Waals surface area contributed by atoms with Crippen molar-refractivity contribution in [2.24, 2.45) is 0 Å². The number of amides is 1. The number of carbonyl (C=O) groups is 1. The molecule has 1 fully saturated rings. The number of carbonyl (C=O) groups excluding carboxylic acids is 1. The van der Waals surface area contributed by atoms with Gasteiger partial charge in [-0.3, -0.25) is 9.78 Å². The number of hydrogen-bond acceptors (Lipinski definition) is 6. The van der Waals surface area contributed by atoms with Gasteiger partial charge in [-0.25, -0.2) is 9.97 Å². The summed E-state index contributed by atoms with van der Waals surface area (Å²) in [5.74, 6) is 1.97. The number of rotatable bonds is 6. The van der Waals surface area contributed by atoms with Crippen LogP contribution in [0.4, 0.5) is 11.6 Å². The molecule has 1 aliphatic rings. The average Bonchev–Trinajstić information content (AvgIpc) is 3.24. The van der Waals surface area contributed by atoms with Crippen LogP contribution < -0.4 is 10.1 Å². The highest BCUT2D eigenvalue weighted by molar-refractivity contribution is 5.78. The van der Waals surface area contributed by atoms with Gasteiger partial charge in [0.15, 0.2) is 6.61 Å². The third kappa shape index (κ3) is 4.25. The molecule has 3 heterocycles. The first kappa shape index (κ1) is 17.9. The summed E-state index contributed by atoms with van der Waals surface area (Å²) in [6.45, 7) is 0.739. The first-order valence-corrected chi connectivity index (χ1v) is 9.27. The van der Waals surface area contributed by atoms with Crippen molar-refractivity contribution in [1.29, 1.82) is 0 Å². The molecule has 1 N–H and O–H groups in total. The number of aromatic nitrogens is 3. The molecule has 0 saturated carbocycles. The summed E-state index contributed by atoms with van der Waals surface area (Å²) in [4.78, 5) is 27.5. The lowest BCUT2D eigenvalue weighted by molar-refractivity contribution is -0.134. The fourth-order valence-corrected chi connectivity index (χ4v) is 3.32. The highest BCUT2D eigenvalue weighted by Crippen LogP contribution is 2.31. The molecule has 1 amide bonds. The first-order valence-electron chi connectivity index (χ1n) is 9.27. The number of benzene rings is 1. The Morgan fingerprint density at radius 1 is 1.11 bits per heavy atom. The van der Waals surface area contributed by atoms with Gasteiger partial charge in [-0.15, -0.1) is 0 Å². The minimum atomic E-state index is -0.0459. The van der Waals surface area contributed by atoms with Gasteiger partial charge < -0.3 is 15.0 Å². The number of likely N-dealkylation sites (tertiary alicyclic amines) is 1. The molecule has 4 rings (SSSR count). The molecule has 0 aliphatic carbocycles. The molecule has 0 unspecified atom stereocenters. The van der Waals surface area contributed by atoms with Crippen molar-refractivity contribution >= 4 is 17.5 Å². The average molecular weight is 375 g/mol. The van der Waals surface area contributed by atoms with E-state index in [0.717, 1.165) is 18.5 Å². The van der Waals surface area contributed by atoms with E-state index < -0.39 is 0 Å². The zero-order valence-electron chi connectivity index (χ0n) is 15.4. The number of pyridine rings is 1. The maximum absolute atomic E-state index is 12.7. The lowest BCUT2D eigenvalue weighted by Crippen LogP contribution is -2.34. The summed E-state index contributed by atoms with van der Waals surface area (Å²) in [5, 5.41) is 3.15. The van der Waals surface area contributed by atoms with Gasteiger partial charge in [0, 0.05) is 18.9 Å². The quantitative estimate of drug-likeness (QED) is 0.712. The summed E-state index contributed by atoms with van der Waals surface area (Å²) in [5.41, 5.74) is 0.861. The van der Waals surface area contributed by atoms with E-state index in [-0.39, 0.29) is 18.6 Å². The molecule has 28 heavy (non-hydrogen) atoms. The predicted octanol–water partition coefficient (Wildman–Crippen LogP) is 3.36. The van der Waals surface area contributed by atoms with E-state index in [1.165, 1.54) is 0 Å². The van der Waals surface area contributed by atoms with Crippen molar-refractivity contribution in [3.05, 3.63) is 72.8 Å². The maximum Gasteiger partial charge on any atom is 0.261 e. The Bertz CT molecular complexity index is 920. The Hall–Kier alpha value is -3.48. The lowest BCUT2D eigenvalue weighted by Gasteiger charge is -2.24. The van der Waals surface area contributed by atoms with E-state index in [4.69, 9.17) is 4.74 Å². The molecule has 3 aromatic rings. The highest BCUT2D eigenvalue weighted by Gasteiger charge is 2.31. The van der Waals surface area contributed by atoms with Crippen molar-refractivity contribution in [2.75, 3.05) is 18.5 Å². The van der Waals surface area contributed by atoms with E-state index in [0.29, 0.717) is 23.9 Å².